The number of nitrogens with two attached hydrogens (primary N) is 1. The summed E-state index contributed by atoms with van der Waals surface area (Å²) in [5.41, 5.74) is 12.7. The Kier molecular flexibility index (Phi) is 9.52. The Morgan fingerprint density at radius 2 is 1.70 bits per heavy atom. The first-order chi connectivity index (χ1) is 22.8. The molecule has 0 aromatic heterocycles. The molecule has 0 spiro atoms. The van der Waals surface area contributed by atoms with Gasteiger partial charge in [-0.2, -0.15) is 0 Å². The van der Waals surface area contributed by atoms with Crippen LogP contribution in [0, 0.1) is 5.82 Å². The topological polar surface area (TPSA) is 96.7 Å². The summed E-state index contributed by atoms with van der Waals surface area (Å²) in [6.07, 6.45) is 0.737. The van der Waals surface area contributed by atoms with E-state index in [0.717, 1.165) is 23.1 Å². The molecule has 0 radical (unpaired) electrons. The van der Waals surface area contributed by atoms with E-state index >= 15 is 0 Å². The van der Waals surface area contributed by atoms with Gasteiger partial charge in [0.25, 0.3) is 5.91 Å². The van der Waals surface area contributed by atoms with Gasteiger partial charge in [-0.25, -0.2) is 9.18 Å². The predicted molar refractivity (Wildman–Crippen MR) is 184 cm³/mol. The second-order valence-corrected chi connectivity index (χ2v) is 11.8. The zero-order valence-electron chi connectivity index (χ0n) is 25.8. The van der Waals surface area contributed by atoms with Gasteiger partial charge < -0.3 is 26.0 Å². The average molecular weight is 649 g/mol. The molecule has 3 amide bonds. The third-order valence-electron chi connectivity index (χ3n) is 8.20. The van der Waals surface area contributed by atoms with Gasteiger partial charge in [0.15, 0.2) is 5.75 Å². The van der Waals surface area contributed by atoms with Crippen molar-refractivity contribution in [2.75, 3.05) is 18.0 Å². The molecule has 0 aliphatic heterocycles. The number of amides is 3. The van der Waals surface area contributed by atoms with Crippen molar-refractivity contribution >= 4 is 29.2 Å². The molecule has 1 atom stereocenters. The minimum absolute atomic E-state index is 0.0999. The van der Waals surface area contributed by atoms with Crippen LogP contribution in [0.3, 0.4) is 0 Å². The number of hydrogen-bond acceptors (Lipinski definition) is 4. The molecule has 9 heteroatoms. The van der Waals surface area contributed by atoms with E-state index < -0.39 is 17.9 Å². The van der Waals surface area contributed by atoms with Crippen molar-refractivity contribution in [1.82, 2.24) is 10.6 Å². The highest BCUT2D eigenvalue weighted by atomic mass is 35.5. The molecule has 47 heavy (non-hydrogen) atoms. The standard InChI is InChI=1S/C38H34ClFN4O3/c1-24(31-10-4-5-12-34(31)40)43-38(46)42-17-18-44(35-16-14-29(39)22-36(35)47-30-9-6-7-25(19-30)23-41)37(45)27-13-15-33-28(21-27)20-26-8-2-3-11-32(26)33/h2-16,19,21-22,24H,17-18,20,23,41H2,1H3,(H2,42,43,46). The molecule has 0 fully saturated rings. The van der Waals surface area contributed by atoms with E-state index in [-0.39, 0.29) is 19.0 Å². The number of rotatable bonds is 10. The highest BCUT2D eigenvalue weighted by Crippen LogP contribution is 2.39. The summed E-state index contributed by atoms with van der Waals surface area (Å²) in [5, 5.41) is 6.01. The molecule has 5 aromatic carbocycles. The third kappa shape index (κ3) is 7.14. The van der Waals surface area contributed by atoms with Crippen LogP contribution in [-0.2, 0) is 13.0 Å². The number of carbonyl (C=O) groups excluding carboxylic acids is 2. The van der Waals surface area contributed by atoms with Gasteiger partial charge in [-0.3, -0.25) is 4.79 Å². The fourth-order valence-corrected chi connectivity index (χ4v) is 6.02. The van der Waals surface area contributed by atoms with Gasteiger partial charge in [-0.05, 0) is 83.6 Å². The van der Waals surface area contributed by atoms with Crippen LogP contribution in [0.25, 0.3) is 11.1 Å². The minimum Gasteiger partial charge on any atom is -0.455 e. The first kappa shape index (κ1) is 31.8. The van der Waals surface area contributed by atoms with E-state index in [1.807, 2.05) is 48.5 Å². The molecule has 0 bridgehead atoms. The van der Waals surface area contributed by atoms with Crippen molar-refractivity contribution in [3.63, 3.8) is 0 Å². The van der Waals surface area contributed by atoms with Gasteiger partial charge in [0.05, 0.1) is 11.7 Å². The fourth-order valence-electron chi connectivity index (χ4n) is 5.85. The number of fused-ring (bicyclic) bond motifs is 3. The summed E-state index contributed by atoms with van der Waals surface area (Å²) < 4.78 is 20.6. The van der Waals surface area contributed by atoms with E-state index in [1.54, 1.807) is 54.3 Å². The Balaban J connectivity index is 1.27. The lowest BCUT2D eigenvalue weighted by Gasteiger charge is -2.26. The fraction of sp³-hybridized carbons (Fsp3) is 0.158. The summed E-state index contributed by atoms with van der Waals surface area (Å²) >= 11 is 6.41. The zero-order valence-corrected chi connectivity index (χ0v) is 26.6. The van der Waals surface area contributed by atoms with Crippen LogP contribution >= 0.6 is 11.6 Å². The molecule has 6 rings (SSSR count). The number of nitrogens with zero attached hydrogens (tertiary/aromatic N) is 1. The van der Waals surface area contributed by atoms with Crippen molar-refractivity contribution in [3.05, 3.63) is 148 Å². The van der Waals surface area contributed by atoms with Crippen LogP contribution in [0.4, 0.5) is 14.9 Å². The second-order valence-electron chi connectivity index (χ2n) is 11.4. The summed E-state index contributed by atoms with van der Waals surface area (Å²) in [6.45, 7) is 2.26. The minimum atomic E-state index is -0.565. The van der Waals surface area contributed by atoms with Gasteiger partial charge in [0.2, 0.25) is 0 Å². The molecule has 1 aliphatic carbocycles. The van der Waals surface area contributed by atoms with Crippen LogP contribution < -0.4 is 26.0 Å². The first-order valence-corrected chi connectivity index (χ1v) is 15.8. The third-order valence-corrected chi connectivity index (χ3v) is 8.44. The van der Waals surface area contributed by atoms with E-state index in [4.69, 9.17) is 22.1 Å². The van der Waals surface area contributed by atoms with Crippen LogP contribution in [-0.4, -0.2) is 25.0 Å². The summed E-state index contributed by atoms with van der Waals surface area (Å²) in [4.78, 5) is 28.8. The first-order valence-electron chi connectivity index (χ1n) is 15.4. The van der Waals surface area contributed by atoms with Gasteiger partial charge in [-0.1, -0.05) is 72.3 Å². The predicted octanol–water partition coefficient (Wildman–Crippen LogP) is 8.01. The quantitative estimate of drug-likeness (QED) is 0.140. The molecule has 7 nitrogen and oxygen atoms in total. The van der Waals surface area contributed by atoms with E-state index in [9.17, 15) is 14.0 Å². The van der Waals surface area contributed by atoms with Crippen LogP contribution in [0.5, 0.6) is 11.5 Å². The normalized spacial score (nSPS) is 12.1. The second kappa shape index (κ2) is 14.1. The average Bonchev–Trinajstić information content (AvgIpc) is 3.45. The molecule has 0 saturated heterocycles. The Morgan fingerprint density at radius 3 is 2.53 bits per heavy atom. The Labute approximate surface area is 278 Å². The molecular weight excluding hydrogens is 615 g/mol. The summed E-state index contributed by atoms with van der Waals surface area (Å²) in [7, 11) is 0. The van der Waals surface area contributed by atoms with Crippen LogP contribution in [0.1, 0.15) is 45.6 Å². The lowest BCUT2D eigenvalue weighted by atomic mass is 10.0. The van der Waals surface area contributed by atoms with Gasteiger partial charge in [0.1, 0.15) is 11.6 Å². The molecule has 1 aliphatic rings. The van der Waals surface area contributed by atoms with Crippen molar-refractivity contribution in [3.8, 4) is 22.6 Å². The number of anilines is 1. The smallest absolute Gasteiger partial charge is 0.315 e. The number of carbonyl (C=O) groups is 2. The molecule has 238 valence electrons. The molecule has 0 heterocycles. The van der Waals surface area contributed by atoms with Crippen molar-refractivity contribution in [2.45, 2.75) is 25.9 Å². The maximum Gasteiger partial charge on any atom is 0.315 e. The summed E-state index contributed by atoms with van der Waals surface area (Å²) in [6, 6.07) is 31.7. The van der Waals surface area contributed by atoms with Crippen molar-refractivity contribution in [1.29, 1.82) is 0 Å². The Hall–Kier alpha value is -5.18. The number of urea groups is 1. The number of hydrogen-bond donors (Lipinski definition) is 3. The van der Waals surface area contributed by atoms with E-state index in [2.05, 4.69) is 22.8 Å². The van der Waals surface area contributed by atoms with Crippen molar-refractivity contribution < 1.29 is 18.7 Å². The Bertz CT molecular complexity index is 1950. The highest BCUT2D eigenvalue weighted by Gasteiger charge is 2.25. The monoisotopic (exact) mass is 648 g/mol. The van der Waals surface area contributed by atoms with Gasteiger partial charge >= 0.3 is 6.03 Å². The SMILES string of the molecule is CC(NC(=O)NCCN(C(=O)c1ccc2c(c1)Cc1ccccc1-2)c1ccc(Cl)cc1Oc1cccc(CN)c1)c1ccccc1F. The van der Waals surface area contributed by atoms with Crippen molar-refractivity contribution in [2.24, 2.45) is 5.73 Å². The summed E-state index contributed by atoms with van der Waals surface area (Å²) in [5.74, 6) is 0.236. The number of benzene rings is 5. The molecular formula is C38H34ClFN4O3. The molecule has 1 unspecified atom stereocenters. The number of ether oxygens (including phenoxy) is 1. The Morgan fingerprint density at radius 1 is 0.915 bits per heavy atom. The maximum atomic E-state index is 14.3. The van der Waals surface area contributed by atoms with Crippen LogP contribution in [0.15, 0.2) is 109 Å². The lowest BCUT2D eigenvalue weighted by Crippen LogP contribution is -2.43. The number of nitrogens with one attached hydrogen (secondary N) is 2. The van der Waals surface area contributed by atoms with E-state index in [0.29, 0.717) is 39.9 Å². The lowest BCUT2D eigenvalue weighted by molar-refractivity contribution is 0.0986. The van der Waals surface area contributed by atoms with Gasteiger partial charge in [-0.15, -0.1) is 0 Å². The number of halogens is 2. The molecule has 4 N–H and O–H groups in total. The highest BCUT2D eigenvalue weighted by molar-refractivity contribution is 6.31. The molecule has 0 saturated carbocycles. The zero-order chi connectivity index (χ0) is 32.9. The van der Waals surface area contributed by atoms with Gasteiger partial charge in [0, 0.05) is 41.9 Å². The van der Waals surface area contributed by atoms with Crippen LogP contribution in [0.2, 0.25) is 5.02 Å². The van der Waals surface area contributed by atoms with E-state index in [1.165, 1.54) is 17.2 Å². The maximum absolute atomic E-state index is 14.3. The largest absolute Gasteiger partial charge is 0.455 e. The molecule has 5 aromatic rings.